The van der Waals surface area contributed by atoms with E-state index in [4.69, 9.17) is 5.11 Å². The van der Waals surface area contributed by atoms with E-state index in [1.165, 1.54) is 18.2 Å². The third-order valence-corrected chi connectivity index (χ3v) is 2.50. The van der Waals surface area contributed by atoms with Crippen molar-refractivity contribution >= 4 is 21.9 Å². The van der Waals surface area contributed by atoms with E-state index in [-0.39, 0.29) is 12.0 Å². The van der Waals surface area contributed by atoms with Gasteiger partial charge in [-0.15, -0.1) is 0 Å². The van der Waals surface area contributed by atoms with Gasteiger partial charge in [-0.2, -0.15) is 0 Å². The van der Waals surface area contributed by atoms with Gasteiger partial charge < -0.3 is 10.2 Å². The van der Waals surface area contributed by atoms with Crippen LogP contribution in [0.2, 0.25) is 0 Å². The average molecular weight is 277 g/mol. The Morgan fingerprint density at radius 1 is 1.60 bits per heavy atom. The smallest absolute Gasteiger partial charge is 0.335 e. The second-order valence-corrected chi connectivity index (χ2v) is 4.41. The quantitative estimate of drug-likeness (QED) is 0.888. The van der Waals surface area contributed by atoms with Crippen LogP contribution in [0.3, 0.4) is 0 Å². The molecule has 0 spiro atoms. The van der Waals surface area contributed by atoms with Crippen LogP contribution in [-0.4, -0.2) is 21.8 Å². The Hall–Kier alpha value is -0.940. The molecule has 1 atom stereocenters. The first-order chi connectivity index (χ1) is 6.83. The number of hydrogen-bond acceptors (Lipinski definition) is 2. The van der Waals surface area contributed by atoms with E-state index in [9.17, 15) is 14.3 Å². The molecule has 82 valence electrons. The predicted molar refractivity (Wildman–Crippen MR) is 56.1 cm³/mol. The summed E-state index contributed by atoms with van der Waals surface area (Å²) in [5.74, 6) is -1.90. The number of benzene rings is 1. The fourth-order valence-corrected chi connectivity index (χ4v) is 1.53. The summed E-state index contributed by atoms with van der Waals surface area (Å²) in [4.78, 5) is 10.6. The molecule has 0 saturated heterocycles. The fraction of sp³-hybridized carbons (Fsp3) is 0.300. The van der Waals surface area contributed by atoms with Crippen LogP contribution in [0.1, 0.15) is 12.5 Å². The fourth-order valence-electron chi connectivity index (χ4n) is 1.13. The summed E-state index contributed by atoms with van der Waals surface area (Å²) in [7, 11) is 0. The molecule has 0 saturated carbocycles. The standard InChI is InChI=1S/C10H10BrFO3/c1-10(15,9(13)14)5-6-4-7(11)2-3-8(6)12/h2-4,15H,5H2,1H3,(H,13,14). The van der Waals surface area contributed by atoms with Crippen LogP contribution in [0, 0.1) is 5.82 Å². The molecular weight excluding hydrogens is 267 g/mol. The lowest BCUT2D eigenvalue weighted by Crippen LogP contribution is -2.37. The highest BCUT2D eigenvalue weighted by Gasteiger charge is 2.31. The van der Waals surface area contributed by atoms with Gasteiger partial charge in [0.05, 0.1) is 0 Å². The third-order valence-electron chi connectivity index (χ3n) is 2.00. The molecule has 0 radical (unpaired) electrons. The van der Waals surface area contributed by atoms with Crippen LogP contribution in [0.15, 0.2) is 22.7 Å². The van der Waals surface area contributed by atoms with Crippen LogP contribution in [0.5, 0.6) is 0 Å². The summed E-state index contributed by atoms with van der Waals surface area (Å²) in [5.41, 5.74) is -1.79. The van der Waals surface area contributed by atoms with Gasteiger partial charge in [0.15, 0.2) is 5.60 Å². The second kappa shape index (κ2) is 4.28. The summed E-state index contributed by atoms with van der Waals surface area (Å²) in [6.07, 6.45) is -0.270. The Kier molecular flexibility index (Phi) is 3.46. The summed E-state index contributed by atoms with van der Waals surface area (Å²) >= 11 is 3.15. The highest BCUT2D eigenvalue weighted by Crippen LogP contribution is 2.20. The first-order valence-electron chi connectivity index (χ1n) is 4.22. The van der Waals surface area contributed by atoms with E-state index in [0.717, 1.165) is 6.92 Å². The number of halogens is 2. The van der Waals surface area contributed by atoms with E-state index in [1.807, 2.05) is 0 Å². The lowest BCUT2D eigenvalue weighted by molar-refractivity contribution is -0.156. The van der Waals surface area contributed by atoms with Gasteiger partial charge >= 0.3 is 5.97 Å². The van der Waals surface area contributed by atoms with E-state index in [0.29, 0.717) is 4.47 Å². The lowest BCUT2D eigenvalue weighted by atomic mass is 9.96. The van der Waals surface area contributed by atoms with Crippen molar-refractivity contribution in [1.29, 1.82) is 0 Å². The number of carboxylic acids is 1. The zero-order valence-corrected chi connectivity index (χ0v) is 9.58. The minimum Gasteiger partial charge on any atom is -0.479 e. The molecule has 0 aliphatic rings. The van der Waals surface area contributed by atoms with Gasteiger partial charge in [-0.1, -0.05) is 15.9 Å². The van der Waals surface area contributed by atoms with Crippen molar-refractivity contribution in [2.75, 3.05) is 0 Å². The summed E-state index contributed by atoms with van der Waals surface area (Å²) in [6, 6.07) is 4.18. The zero-order valence-electron chi connectivity index (χ0n) is 8.00. The topological polar surface area (TPSA) is 57.5 Å². The Labute approximate surface area is 94.7 Å². The van der Waals surface area contributed by atoms with Gasteiger partial charge in [0, 0.05) is 10.9 Å². The molecule has 0 heterocycles. The molecule has 0 fully saturated rings. The van der Waals surface area contributed by atoms with Gasteiger partial charge in [-0.3, -0.25) is 0 Å². The van der Waals surface area contributed by atoms with E-state index in [1.54, 1.807) is 0 Å². The van der Waals surface area contributed by atoms with Crippen molar-refractivity contribution in [3.63, 3.8) is 0 Å². The second-order valence-electron chi connectivity index (χ2n) is 3.49. The van der Waals surface area contributed by atoms with Crippen LogP contribution in [0.25, 0.3) is 0 Å². The first-order valence-corrected chi connectivity index (χ1v) is 5.02. The maximum absolute atomic E-state index is 13.2. The number of carboxylic acid groups (broad SMARTS) is 1. The SMILES string of the molecule is CC(O)(Cc1cc(Br)ccc1F)C(=O)O. The Bertz CT molecular complexity index is 390. The van der Waals surface area contributed by atoms with Gasteiger partial charge in [0.1, 0.15) is 5.82 Å². The molecule has 0 amide bonds. The largest absolute Gasteiger partial charge is 0.479 e. The number of carbonyl (C=O) groups is 1. The molecule has 1 aromatic carbocycles. The van der Waals surface area contributed by atoms with Crippen LogP contribution in [0.4, 0.5) is 4.39 Å². The van der Waals surface area contributed by atoms with Crippen LogP contribution in [-0.2, 0) is 11.2 Å². The van der Waals surface area contributed by atoms with Crippen molar-refractivity contribution in [1.82, 2.24) is 0 Å². The van der Waals surface area contributed by atoms with Crippen LogP contribution < -0.4 is 0 Å². The number of hydrogen-bond donors (Lipinski definition) is 2. The molecule has 2 N–H and O–H groups in total. The summed E-state index contributed by atoms with van der Waals surface area (Å²) in [6.45, 7) is 1.13. The van der Waals surface area contributed by atoms with Crippen LogP contribution >= 0.6 is 15.9 Å². The molecule has 5 heteroatoms. The number of aliphatic hydroxyl groups is 1. The molecular formula is C10H10BrFO3. The number of rotatable bonds is 3. The highest BCUT2D eigenvalue weighted by molar-refractivity contribution is 9.10. The zero-order chi connectivity index (χ0) is 11.6. The minimum atomic E-state index is -1.96. The Balaban J connectivity index is 2.99. The molecule has 0 bridgehead atoms. The van der Waals surface area contributed by atoms with Crippen molar-refractivity contribution in [3.05, 3.63) is 34.1 Å². The third kappa shape index (κ3) is 3.00. The monoisotopic (exact) mass is 276 g/mol. The van der Waals surface area contributed by atoms with E-state index < -0.39 is 17.4 Å². The van der Waals surface area contributed by atoms with Gasteiger partial charge in [0.25, 0.3) is 0 Å². The minimum absolute atomic E-state index is 0.164. The summed E-state index contributed by atoms with van der Waals surface area (Å²) < 4.78 is 13.9. The normalized spacial score (nSPS) is 14.7. The van der Waals surface area contributed by atoms with Gasteiger partial charge in [-0.05, 0) is 30.7 Å². The molecule has 1 rings (SSSR count). The number of aliphatic carboxylic acids is 1. The molecule has 1 unspecified atom stereocenters. The molecule has 1 aromatic rings. The first kappa shape index (κ1) is 12.1. The Morgan fingerprint density at radius 3 is 2.73 bits per heavy atom. The molecule has 3 nitrogen and oxygen atoms in total. The maximum Gasteiger partial charge on any atom is 0.335 e. The summed E-state index contributed by atoms with van der Waals surface area (Å²) in [5, 5.41) is 18.2. The van der Waals surface area contributed by atoms with Crippen molar-refractivity contribution in [3.8, 4) is 0 Å². The molecule has 0 aliphatic carbocycles. The van der Waals surface area contributed by atoms with Crippen molar-refractivity contribution < 1.29 is 19.4 Å². The highest BCUT2D eigenvalue weighted by atomic mass is 79.9. The molecule has 0 aromatic heterocycles. The van der Waals surface area contributed by atoms with Crippen molar-refractivity contribution in [2.24, 2.45) is 0 Å². The van der Waals surface area contributed by atoms with E-state index >= 15 is 0 Å². The predicted octanol–water partition coefficient (Wildman–Crippen LogP) is 1.97. The molecule has 15 heavy (non-hydrogen) atoms. The maximum atomic E-state index is 13.2. The Morgan fingerprint density at radius 2 is 2.20 bits per heavy atom. The van der Waals surface area contributed by atoms with Gasteiger partial charge in [0.2, 0.25) is 0 Å². The molecule has 0 aliphatic heterocycles. The lowest BCUT2D eigenvalue weighted by Gasteiger charge is -2.18. The average Bonchev–Trinajstić information content (AvgIpc) is 2.10. The van der Waals surface area contributed by atoms with E-state index in [2.05, 4.69) is 15.9 Å². The van der Waals surface area contributed by atoms with Gasteiger partial charge in [-0.25, -0.2) is 9.18 Å². The van der Waals surface area contributed by atoms with Crippen molar-refractivity contribution in [2.45, 2.75) is 18.9 Å².